The number of quaternary nitrogens is 1. The van der Waals surface area contributed by atoms with Crippen LogP contribution in [0.4, 0.5) is 0 Å². The van der Waals surface area contributed by atoms with Gasteiger partial charge in [0.1, 0.15) is 19.8 Å². The average molecular weight is 795 g/mol. The molecule has 0 amide bonds. The standard InChI is InChI=1S/C45H80NO8P/c1-6-8-10-12-14-16-18-19-20-21-22-23-24-25-26-27-28-30-32-34-36-38-45(48)54-43(42-53-55(49,50)52-40-39-46(3,4)5)41-51-44(47)37-35-33-31-29-17-15-13-11-9-7-2/h8,10,14,16,19-20,22-23,25-26,43H,6-7,9,11-13,15,17-18,21,24,27-42H2,1-5H3/p+1/b10-8-,16-14-,20-19-,23-22-,26-25-. The maximum Gasteiger partial charge on any atom is 0.472 e. The second-order valence-corrected chi connectivity index (χ2v) is 16.8. The van der Waals surface area contributed by atoms with Crippen LogP contribution >= 0.6 is 7.82 Å². The predicted octanol–water partition coefficient (Wildman–Crippen LogP) is 12.1. The van der Waals surface area contributed by atoms with Crippen LogP contribution in [0, 0.1) is 0 Å². The number of carbonyl (C=O) groups excluding carboxylic acids is 2. The monoisotopic (exact) mass is 795 g/mol. The molecule has 318 valence electrons. The van der Waals surface area contributed by atoms with Gasteiger partial charge in [0, 0.05) is 12.8 Å². The third kappa shape index (κ3) is 41.2. The molecule has 0 aliphatic rings. The Morgan fingerprint density at radius 1 is 0.582 bits per heavy atom. The van der Waals surface area contributed by atoms with Crippen LogP contribution in [0.2, 0.25) is 0 Å². The molecule has 0 aromatic rings. The summed E-state index contributed by atoms with van der Waals surface area (Å²) in [5.74, 6) is -0.826. The fourth-order valence-electron chi connectivity index (χ4n) is 5.45. The molecular formula is C45H81NO8P+. The van der Waals surface area contributed by atoms with Crippen molar-refractivity contribution in [1.29, 1.82) is 0 Å². The molecule has 0 aliphatic carbocycles. The molecule has 0 aromatic heterocycles. The molecule has 0 rings (SSSR count). The number of allylic oxidation sites excluding steroid dienone is 10. The number of esters is 2. The van der Waals surface area contributed by atoms with Gasteiger partial charge in [-0.3, -0.25) is 18.6 Å². The maximum absolute atomic E-state index is 12.7. The number of hydrogen-bond acceptors (Lipinski definition) is 7. The van der Waals surface area contributed by atoms with Crippen molar-refractivity contribution in [3.05, 3.63) is 60.8 Å². The van der Waals surface area contributed by atoms with E-state index in [1.165, 1.54) is 44.9 Å². The van der Waals surface area contributed by atoms with Crippen molar-refractivity contribution in [1.82, 2.24) is 0 Å². The minimum atomic E-state index is -4.38. The molecule has 0 bridgehead atoms. The van der Waals surface area contributed by atoms with E-state index < -0.39 is 26.5 Å². The van der Waals surface area contributed by atoms with Crippen LogP contribution in [-0.2, 0) is 32.7 Å². The summed E-state index contributed by atoms with van der Waals surface area (Å²) in [4.78, 5) is 35.3. The van der Waals surface area contributed by atoms with Crippen molar-refractivity contribution in [2.75, 3.05) is 47.5 Å². The van der Waals surface area contributed by atoms with Gasteiger partial charge in [-0.2, -0.15) is 0 Å². The molecule has 10 heteroatoms. The van der Waals surface area contributed by atoms with Crippen molar-refractivity contribution in [3.63, 3.8) is 0 Å². The average Bonchev–Trinajstić information content (AvgIpc) is 3.13. The largest absolute Gasteiger partial charge is 0.472 e. The smallest absolute Gasteiger partial charge is 0.462 e. The number of ether oxygens (including phenoxy) is 2. The topological polar surface area (TPSA) is 108 Å². The molecule has 2 unspecified atom stereocenters. The molecule has 0 aromatic carbocycles. The van der Waals surface area contributed by atoms with Gasteiger partial charge < -0.3 is 18.9 Å². The third-order valence-electron chi connectivity index (χ3n) is 8.81. The molecule has 0 spiro atoms. The summed E-state index contributed by atoms with van der Waals surface area (Å²) in [5.41, 5.74) is 0. The zero-order valence-corrected chi connectivity index (χ0v) is 36.5. The highest BCUT2D eigenvalue weighted by Gasteiger charge is 2.27. The van der Waals surface area contributed by atoms with Gasteiger partial charge >= 0.3 is 19.8 Å². The molecule has 0 fully saturated rings. The van der Waals surface area contributed by atoms with Crippen molar-refractivity contribution in [2.45, 2.75) is 168 Å². The Hall–Kier alpha value is -2.29. The van der Waals surface area contributed by atoms with E-state index in [0.717, 1.165) is 83.5 Å². The highest BCUT2D eigenvalue weighted by Crippen LogP contribution is 2.43. The number of phosphoric acid groups is 1. The lowest BCUT2D eigenvalue weighted by Gasteiger charge is -2.24. The first-order valence-electron chi connectivity index (χ1n) is 21.5. The Bertz CT molecular complexity index is 1120. The van der Waals surface area contributed by atoms with Crippen LogP contribution in [0.15, 0.2) is 60.8 Å². The van der Waals surface area contributed by atoms with Crippen LogP contribution in [0.25, 0.3) is 0 Å². The number of nitrogens with zero attached hydrogens (tertiary/aromatic N) is 1. The lowest BCUT2D eigenvalue weighted by molar-refractivity contribution is -0.870. The molecule has 9 nitrogen and oxygen atoms in total. The first kappa shape index (κ1) is 52.7. The molecule has 0 radical (unpaired) electrons. The minimum absolute atomic E-state index is 0.0257. The van der Waals surface area contributed by atoms with E-state index in [9.17, 15) is 19.0 Å². The van der Waals surface area contributed by atoms with E-state index in [2.05, 4.69) is 74.6 Å². The Morgan fingerprint density at radius 3 is 1.55 bits per heavy atom. The Kier molecular flexibility index (Phi) is 35.7. The van der Waals surface area contributed by atoms with E-state index in [1.54, 1.807) is 0 Å². The van der Waals surface area contributed by atoms with Crippen molar-refractivity contribution in [2.24, 2.45) is 0 Å². The summed E-state index contributed by atoms with van der Waals surface area (Å²) >= 11 is 0. The predicted molar refractivity (Wildman–Crippen MR) is 229 cm³/mol. The fourth-order valence-corrected chi connectivity index (χ4v) is 6.19. The molecule has 55 heavy (non-hydrogen) atoms. The SMILES string of the molecule is CC/C=C\C/C=C\C/C=C\C/C=C\C/C=C\CCCCCCCC(=O)OC(COC(=O)CCCCCCCCCCCC)COP(=O)(O)OCC[N+](C)(C)C. The zero-order chi connectivity index (χ0) is 40.7. The molecule has 1 N–H and O–H groups in total. The Morgan fingerprint density at radius 2 is 1.04 bits per heavy atom. The maximum atomic E-state index is 12.7. The van der Waals surface area contributed by atoms with Crippen molar-refractivity contribution < 1.29 is 42.1 Å². The number of rotatable bonds is 38. The second kappa shape index (κ2) is 37.3. The number of carbonyl (C=O) groups is 2. The summed E-state index contributed by atoms with van der Waals surface area (Å²) in [6, 6.07) is 0. The molecule has 0 heterocycles. The number of unbranched alkanes of at least 4 members (excludes halogenated alkanes) is 14. The molecule has 0 saturated heterocycles. The van der Waals surface area contributed by atoms with Crippen LogP contribution < -0.4 is 0 Å². The summed E-state index contributed by atoms with van der Waals surface area (Å²) in [5, 5.41) is 0. The van der Waals surface area contributed by atoms with Crippen molar-refractivity contribution in [3.8, 4) is 0 Å². The van der Waals surface area contributed by atoms with Gasteiger partial charge in [-0.05, 0) is 57.8 Å². The van der Waals surface area contributed by atoms with E-state index in [0.29, 0.717) is 17.4 Å². The van der Waals surface area contributed by atoms with Gasteiger partial charge in [-0.25, -0.2) is 4.57 Å². The molecule has 0 aliphatic heterocycles. The summed E-state index contributed by atoms with van der Waals surface area (Å²) in [6.45, 7) is 4.25. The Balaban J connectivity index is 4.38. The van der Waals surface area contributed by atoms with Crippen molar-refractivity contribution >= 4 is 19.8 Å². The Labute approximate surface area is 336 Å². The summed E-state index contributed by atoms with van der Waals surface area (Å²) in [6.07, 6.45) is 44.1. The first-order chi connectivity index (χ1) is 26.5. The van der Waals surface area contributed by atoms with Gasteiger partial charge in [0.25, 0.3) is 0 Å². The lowest BCUT2D eigenvalue weighted by Crippen LogP contribution is -2.37. The summed E-state index contributed by atoms with van der Waals surface area (Å²) in [7, 11) is 1.45. The van der Waals surface area contributed by atoms with E-state index in [4.69, 9.17) is 18.5 Å². The zero-order valence-electron chi connectivity index (χ0n) is 35.6. The number of phosphoric ester groups is 1. The quantitative estimate of drug-likeness (QED) is 0.0216. The van der Waals surface area contributed by atoms with Gasteiger partial charge in [-0.15, -0.1) is 0 Å². The van der Waals surface area contributed by atoms with Crippen LogP contribution in [-0.4, -0.2) is 74.9 Å². The first-order valence-corrected chi connectivity index (χ1v) is 23.0. The number of likely N-dealkylation sites (N-methyl/N-ethyl adjacent to an activating group) is 1. The highest BCUT2D eigenvalue weighted by molar-refractivity contribution is 7.47. The van der Waals surface area contributed by atoms with Gasteiger partial charge in [0.15, 0.2) is 6.10 Å². The lowest BCUT2D eigenvalue weighted by atomic mass is 10.1. The highest BCUT2D eigenvalue weighted by atomic mass is 31.2. The molecular weight excluding hydrogens is 713 g/mol. The van der Waals surface area contributed by atoms with E-state index in [-0.39, 0.29) is 32.0 Å². The minimum Gasteiger partial charge on any atom is -0.462 e. The van der Waals surface area contributed by atoms with Gasteiger partial charge in [0.2, 0.25) is 0 Å². The van der Waals surface area contributed by atoms with E-state index >= 15 is 0 Å². The molecule has 2 atom stereocenters. The van der Waals surface area contributed by atoms with Crippen LogP contribution in [0.3, 0.4) is 0 Å². The van der Waals surface area contributed by atoms with E-state index in [1.807, 2.05) is 21.1 Å². The normalized spacial score (nSPS) is 14.2. The van der Waals surface area contributed by atoms with Gasteiger partial charge in [0.05, 0.1) is 27.7 Å². The van der Waals surface area contributed by atoms with Crippen LogP contribution in [0.1, 0.15) is 162 Å². The molecule has 0 saturated carbocycles. The fraction of sp³-hybridized carbons (Fsp3) is 0.733. The number of hydrogen-bond donors (Lipinski definition) is 1. The van der Waals surface area contributed by atoms with Crippen LogP contribution in [0.5, 0.6) is 0 Å². The summed E-state index contributed by atoms with van der Waals surface area (Å²) < 4.78 is 34.2. The van der Waals surface area contributed by atoms with Gasteiger partial charge in [-0.1, -0.05) is 152 Å². The second-order valence-electron chi connectivity index (χ2n) is 15.4. The third-order valence-corrected chi connectivity index (χ3v) is 9.80.